The fraction of sp³-hybridized carbons (Fsp3) is 0.462. The molecule has 0 bridgehead atoms. The van der Waals surface area contributed by atoms with E-state index in [9.17, 15) is 13.6 Å². The van der Waals surface area contributed by atoms with Crippen molar-refractivity contribution < 1.29 is 18.3 Å². The first-order valence-corrected chi connectivity index (χ1v) is 5.50. The molecule has 2 nitrogen and oxygen atoms in total. The summed E-state index contributed by atoms with van der Waals surface area (Å²) in [5, 5.41) is 0. The minimum atomic E-state index is -2.54. The summed E-state index contributed by atoms with van der Waals surface area (Å²) in [7, 11) is 1.31. The van der Waals surface area contributed by atoms with E-state index in [0.717, 1.165) is 11.1 Å². The molecular weight excluding hydrogens is 226 g/mol. The van der Waals surface area contributed by atoms with Gasteiger partial charge in [-0.1, -0.05) is 12.1 Å². The summed E-state index contributed by atoms with van der Waals surface area (Å²) in [6, 6.07) is 5.17. The topological polar surface area (TPSA) is 26.3 Å². The molecule has 1 saturated carbocycles. The number of hydrogen-bond donors (Lipinski definition) is 0. The standard InChI is InChI=1S/C13H14F2O2/c1-8-10(9-6-13(14,15)7-9)4-3-5-11(8)12(16)17-2/h3-5,9H,6-7H2,1-2H3. The Morgan fingerprint density at radius 1 is 1.41 bits per heavy atom. The van der Waals surface area contributed by atoms with Gasteiger partial charge in [0.1, 0.15) is 0 Å². The van der Waals surface area contributed by atoms with E-state index in [-0.39, 0.29) is 18.8 Å². The van der Waals surface area contributed by atoms with Crippen molar-refractivity contribution in [1.82, 2.24) is 0 Å². The van der Waals surface area contributed by atoms with E-state index in [2.05, 4.69) is 4.74 Å². The van der Waals surface area contributed by atoms with Crippen LogP contribution in [0.2, 0.25) is 0 Å². The van der Waals surface area contributed by atoms with Gasteiger partial charge >= 0.3 is 5.97 Å². The van der Waals surface area contributed by atoms with Crippen molar-refractivity contribution in [2.24, 2.45) is 0 Å². The highest BCUT2D eigenvalue weighted by Crippen LogP contribution is 2.49. The van der Waals surface area contributed by atoms with Gasteiger partial charge in [0.25, 0.3) is 0 Å². The lowest BCUT2D eigenvalue weighted by molar-refractivity contribution is -0.0868. The van der Waals surface area contributed by atoms with Crippen molar-refractivity contribution in [3.05, 3.63) is 34.9 Å². The molecular formula is C13H14F2O2. The second kappa shape index (κ2) is 4.09. The number of halogens is 2. The van der Waals surface area contributed by atoms with Crippen molar-refractivity contribution in [3.8, 4) is 0 Å². The first kappa shape index (κ1) is 12.0. The van der Waals surface area contributed by atoms with Gasteiger partial charge in [0, 0.05) is 12.8 Å². The van der Waals surface area contributed by atoms with Crippen LogP contribution in [0.25, 0.3) is 0 Å². The summed E-state index contributed by atoms with van der Waals surface area (Å²) in [5.74, 6) is -3.11. The van der Waals surface area contributed by atoms with E-state index in [4.69, 9.17) is 0 Å². The highest BCUT2D eigenvalue weighted by Gasteiger charge is 2.46. The second-order valence-electron chi connectivity index (χ2n) is 4.47. The van der Waals surface area contributed by atoms with Crippen LogP contribution in [0.5, 0.6) is 0 Å². The lowest BCUT2D eigenvalue weighted by Crippen LogP contribution is -2.34. The summed E-state index contributed by atoms with van der Waals surface area (Å²) in [5.41, 5.74) is 2.04. The van der Waals surface area contributed by atoms with E-state index in [1.54, 1.807) is 19.1 Å². The summed E-state index contributed by atoms with van der Waals surface area (Å²) in [6.45, 7) is 1.78. The van der Waals surface area contributed by atoms with Crippen LogP contribution < -0.4 is 0 Å². The number of alkyl halides is 2. The van der Waals surface area contributed by atoms with Crippen molar-refractivity contribution in [3.63, 3.8) is 0 Å². The third kappa shape index (κ3) is 2.16. The highest BCUT2D eigenvalue weighted by molar-refractivity contribution is 5.91. The number of carbonyl (C=O) groups is 1. The van der Waals surface area contributed by atoms with Crippen LogP contribution in [-0.2, 0) is 4.74 Å². The predicted octanol–water partition coefficient (Wildman–Crippen LogP) is 3.29. The van der Waals surface area contributed by atoms with Crippen molar-refractivity contribution >= 4 is 5.97 Å². The third-order valence-corrected chi connectivity index (χ3v) is 3.31. The first-order chi connectivity index (χ1) is 7.94. The normalized spacial score (nSPS) is 18.6. The Labute approximate surface area is 98.6 Å². The Kier molecular flexibility index (Phi) is 2.89. The number of methoxy groups -OCH3 is 1. The molecule has 17 heavy (non-hydrogen) atoms. The molecule has 4 heteroatoms. The number of benzene rings is 1. The molecule has 0 amide bonds. The molecule has 0 N–H and O–H groups in total. The Bertz CT molecular complexity index is 447. The third-order valence-electron chi connectivity index (χ3n) is 3.31. The van der Waals surface area contributed by atoms with Crippen LogP contribution in [-0.4, -0.2) is 19.0 Å². The zero-order valence-corrected chi connectivity index (χ0v) is 9.80. The summed E-state index contributed by atoms with van der Waals surface area (Å²) < 4.78 is 30.3. The average molecular weight is 240 g/mol. The Balaban J connectivity index is 2.28. The van der Waals surface area contributed by atoms with Gasteiger partial charge in [-0.15, -0.1) is 0 Å². The van der Waals surface area contributed by atoms with Gasteiger partial charge in [-0.2, -0.15) is 0 Å². The number of carbonyl (C=O) groups excluding carboxylic acids is 1. The molecule has 1 aromatic rings. The molecule has 2 rings (SSSR count). The number of ether oxygens (including phenoxy) is 1. The van der Waals surface area contributed by atoms with Crippen LogP contribution in [0, 0.1) is 6.92 Å². The van der Waals surface area contributed by atoms with E-state index < -0.39 is 11.9 Å². The molecule has 92 valence electrons. The maximum Gasteiger partial charge on any atom is 0.338 e. The van der Waals surface area contributed by atoms with Crippen LogP contribution in [0.1, 0.15) is 40.2 Å². The van der Waals surface area contributed by atoms with E-state index in [1.165, 1.54) is 7.11 Å². The van der Waals surface area contributed by atoms with Crippen LogP contribution in [0.3, 0.4) is 0 Å². The molecule has 0 aromatic heterocycles. The predicted molar refractivity (Wildman–Crippen MR) is 59.4 cm³/mol. The summed E-state index contributed by atoms with van der Waals surface area (Å²) in [4.78, 5) is 11.5. The van der Waals surface area contributed by atoms with Gasteiger partial charge in [0.05, 0.1) is 12.7 Å². The first-order valence-electron chi connectivity index (χ1n) is 5.50. The molecule has 0 spiro atoms. The van der Waals surface area contributed by atoms with Gasteiger partial charge in [-0.3, -0.25) is 0 Å². The summed E-state index contributed by atoms with van der Waals surface area (Å²) in [6.07, 6.45) is -0.253. The molecule has 1 aromatic carbocycles. The highest BCUT2D eigenvalue weighted by atomic mass is 19.3. The van der Waals surface area contributed by atoms with Gasteiger partial charge in [0.15, 0.2) is 0 Å². The second-order valence-corrected chi connectivity index (χ2v) is 4.47. The maximum absolute atomic E-state index is 12.8. The van der Waals surface area contributed by atoms with Gasteiger partial charge in [0.2, 0.25) is 5.92 Å². The molecule has 0 atom stereocenters. The minimum absolute atomic E-state index is 0.127. The molecule has 0 radical (unpaired) electrons. The van der Waals surface area contributed by atoms with Crippen molar-refractivity contribution in [1.29, 1.82) is 0 Å². The molecule has 1 aliphatic carbocycles. The molecule has 0 aliphatic heterocycles. The smallest absolute Gasteiger partial charge is 0.338 e. The zero-order valence-electron chi connectivity index (χ0n) is 9.80. The van der Waals surface area contributed by atoms with E-state index in [1.807, 2.05) is 6.07 Å². The van der Waals surface area contributed by atoms with E-state index >= 15 is 0 Å². The van der Waals surface area contributed by atoms with Gasteiger partial charge < -0.3 is 4.74 Å². The maximum atomic E-state index is 12.8. The molecule has 0 heterocycles. The minimum Gasteiger partial charge on any atom is -0.465 e. The Morgan fingerprint density at radius 3 is 2.59 bits per heavy atom. The molecule has 0 unspecified atom stereocenters. The van der Waals surface area contributed by atoms with Gasteiger partial charge in [-0.05, 0) is 30.0 Å². The van der Waals surface area contributed by atoms with E-state index in [0.29, 0.717) is 5.56 Å². The molecule has 0 saturated heterocycles. The quantitative estimate of drug-likeness (QED) is 0.741. The zero-order chi connectivity index (χ0) is 12.6. The Morgan fingerprint density at radius 2 is 2.06 bits per heavy atom. The number of rotatable bonds is 2. The largest absolute Gasteiger partial charge is 0.465 e. The van der Waals surface area contributed by atoms with Crippen molar-refractivity contribution in [2.45, 2.75) is 31.6 Å². The fourth-order valence-corrected chi connectivity index (χ4v) is 2.31. The summed E-state index contributed by atoms with van der Waals surface area (Å²) >= 11 is 0. The number of hydrogen-bond acceptors (Lipinski definition) is 2. The average Bonchev–Trinajstić information content (AvgIpc) is 2.25. The number of esters is 1. The molecule has 1 aliphatic rings. The lowest BCUT2D eigenvalue weighted by Gasteiger charge is -2.36. The van der Waals surface area contributed by atoms with Crippen LogP contribution in [0.4, 0.5) is 8.78 Å². The Hall–Kier alpha value is -1.45. The van der Waals surface area contributed by atoms with Gasteiger partial charge in [-0.25, -0.2) is 13.6 Å². The lowest BCUT2D eigenvalue weighted by atomic mass is 9.75. The van der Waals surface area contributed by atoms with Crippen molar-refractivity contribution in [2.75, 3.05) is 7.11 Å². The fourth-order valence-electron chi connectivity index (χ4n) is 2.31. The van der Waals surface area contributed by atoms with Crippen LogP contribution in [0.15, 0.2) is 18.2 Å². The SMILES string of the molecule is COC(=O)c1cccc(C2CC(F)(F)C2)c1C. The van der Waals surface area contributed by atoms with Crippen LogP contribution >= 0.6 is 0 Å². The molecule has 1 fully saturated rings. The monoisotopic (exact) mass is 240 g/mol.